The van der Waals surface area contributed by atoms with Crippen LogP contribution < -0.4 is 19.1 Å². The van der Waals surface area contributed by atoms with Crippen molar-refractivity contribution in [2.45, 2.75) is 27.3 Å². The second-order valence-corrected chi connectivity index (χ2v) is 8.71. The maximum atomic E-state index is 12.5. The summed E-state index contributed by atoms with van der Waals surface area (Å²) in [6, 6.07) is 11.5. The van der Waals surface area contributed by atoms with Crippen LogP contribution in [0, 0.1) is 0 Å². The van der Waals surface area contributed by atoms with Crippen molar-refractivity contribution in [2.24, 2.45) is 0 Å². The Hall–Kier alpha value is -3.07. The lowest BCUT2D eigenvalue weighted by Gasteiger charge is -2.22. The van der Waals surface area contributed by atoms with Crippen molar-refractivity contribution in [1.29, 1.82) is 0 Å². The highest BCUT2D eigenvalue weighted by atomic mass is 32.2. The molecule has 0 aliphatic carbocycles. The van der Waals surface area contributed by atoms with Gasteiger partial charge in [-0.1, -0.05) is 18.2 Å². The Bertz CT molecular complexity index is 1040. The van der Waals surface area contributed by atoms with Crippen LogP contribution in [0.2, 0.25) is 0 Å². The standard InChI is InChI=1S/C22H28N2O6S/c1-5-29-20-11-10-17(12-21(20)30-6-2)14-23-22(26)15-24(31(4,27)28)19-9-7-8-18(13-19)16(3)25/h7-13H,5-6,14-15H2,1-4H3,(H,23,26). The van der Waals surface area contributed by atoms with E-state index in [1.54, 1.807) is 36.4 Å². The van der Waals surface area contributed by atoms with E-state index in [2.05, 4.69) is 5.32 Å². The van der Waals surface area contributed by atoms with E-state index in [1.165, 1.54) is 13.0 Å². The zero-order valence-electron chi connectivity index (χ0n) is 18.2. The molecule has 0 saturated carbocycles. The molecule has 2 aromatic carbocycles. The topological polar surface area (TPSA) is 102 Å². The van der Waals surface area contributed by atoms with Gasteiger partial charge in [-0.3, -0.25) is 13.9 Å². The molecule has 9 heteroatoms. The fourth-order valence-electron chi connectivity index (χ4n) is 2.87. The highest BCUT2D eigenvalue weighted by molar-refractivity contribution is 7.92. The Morgan fingerprint density at radius 1 is 1.00 bits per heavy atom. The third-order valence-electron chi connectivity index (χ3n) is 4.33. The molecule has 1 amide bonds. The number of Topliss-reactive ketones (excluding diaryl/α,β-unsaturated/α-hetero) is 1. The minimum atomic E-state index is -3.74. The number of carbonyl (C=O) groups is 2. The Morgan fingerprint density at radius 3 is 2.29 bits per heavy atom. The maximum absolute atomic E-state index is 12.5. The first kappa shape index (κ1) is 24.2. The van der Waals surface area contributed by atoms with Gasteiger partial charge in [0.2, 0.25) is 15.9 Å². The highest BCUT2D eigenvalue weighted by Gasteiger charge is 2.21. The molecule has 0 radical (unpaired) electrons. The van der Waals surface area contributed by atoms with Crippen LogP contribution in [0.5, 0.6) is 11.5 Å². The molecule has 0 heterocycles. The van der Waals surface area contributed by atoms with E-state index < -0.39 is 22.5 Å². The molecule has 31 heavy (non-hydrogen) atoms. The molecule has 0 aliphatic heterocycles. The third-order valence-corrected chi connectivity index (χ3v) is 5.47. The number of hydrogen-bond acceptors (Lipinski definition) is 6. The first-order chi connectivity index (χ1) is 14.7. The van der Waals surface area contributed by atoms with Gasteiger partial charge in [0.15, 0.2) is 17.3 Å². The van der Waals surface area contributed by atoms with Crippen LogP contribution in [0.1, 0.15) is 36.7 Å². The van der Waals surface area contributed by atoms with Crippen LogP contribution in [0.25, 0.3) is 0 Å². The first-order valence-corrected chi connectivity index (χ1v) is 11.7. The van der Waals surface area contributed by atoms with Crippen molar-refractivity contribution >= 4 is 27.4 Å². The van der Waals surface area contributed by atoms with Crippen molar-refractivity contribution < 1.29 is 27.5 Å². The molecule has 2 rings (SSSR count). The molecule has 2 aromatic rings. The number of ether oxygens (including phenoxy) is 2. The smallest absolute Gasteiger partial charge is 0.241 e. The molecule has 0 aliphatic rings. The van der Waals surface area contributed by atoms with Gasteiger partial charge >= 0.3 is 0 Å². The molecule has 0 aromatic heterocycles. The van der Waals surface area contributed by atoms with Crippen LogP contribution in [-0.4, -0.2) is 46.1 Å². The zero-order valence-corrected chi connectivity index (χ0v) is 19.0. The Kier molecular flexibility index (Phi) is 8.44. The number of anilines is 1. The summed E-state index contributed by atoms with van der Waals surface area (Å²) in [5, 5.41) is 2.72. The van der Waals surface area contributed by atoms with Crippen LogP contribution >= 0.6 is 0 Å². The summed E-state index contributed by atoms with van der Waals surface area (Å²) in [6.45, 7) is 5.89. The Morgan fingerprint density at radius 2 is 1.68 bits per heavy atom. The average molecular weight is 449 g/mol. The molecule has 0 spiro atoms. The molecule has 0 atom stereocenters. The molecule has 1 N–H and O–H groups in total. The predicted octanol–water partition coefficient (Wildman–Crippen LogP) is 2.77. The second-order valence-electron chi connectivity index (χ2n) is 6.80. The molecule has 0 fully saturated rings. The van der Waals surface area contributed by atoms with Gasteiger partial charge in [-0.15, -0.1) is 0 Å². The quantitative estimate of drug-likeness (QED) is 0.531. The van der Waals surface area contributed by atoms with E-state index in [9.17, 15) is 18.0 Å². The summed E-state index contributed by atoms with van der Waals surface area (Å²) in [5.74, 6) is 0.522. The van der Waals surface area contributed by atoms with Gasteiger partial charge in [0, 0.05) is 12.1 Å². The van der Waals surface area contributed by atoms with Crippen LogP contribution in [-0.2, 0) is 21.4 Å². The van der Waals surface area contributed by atoms with E-state index in [0.717, 1.165) is 16.1 Å². The predicted molar refractivity (Wildman–Crippen MR) is 119 cm³/mol. The summed E-state index contributed by atoms with van der Waals surface area (Å²) >= 11 is 0. The molecule has 168 valence electrons. The van der Waals surface area contributed by atoms with Crippen LogP contribution in [0.4, 0.5) is 5.69 Å². The summed E-state index contributed by atoms with van der Waals surface area (Å²) < 4.78 is 36.6. The van der Waals surface area contributed by atoms with E-state index in [1.807, 2.05) is 13.8 Å². The normalized spacial score (nSPS) is 11.0. The van der Waals surface area contributed by atoms with Crippen LogP contribution in [0.3, 0.4) is 0 Å². The van der Waals surface area contributed by atoms with Crippen molar-refractivity contribution in [3.8, 4) is 11.5 Å². The molecular formula is C22H28N2O6S. The van der Waals surface area contributed by atoms with Crippen LogP contribution in [0.15, 0.2) is 42.5 Å². The highest BCUT2D eigenvalue weighted by Crippen LogP contribution is 2.28. The van der Waals surface area contributed by atoms with Gasteiger partial charge in [-0.2, -0.15) is 0 Å². The average Bonchev–Trinajstić information content (AvgIpc) is 2.71. The third kappa shape index (κ3) is 6.99. The fourth-order valence-corrected chi connectivity index (χ4v) is 3.72. The van der Waals surface area contributed by atoms with Crippen molar-refractivity contribution in [3.63, 3.8) is 0 Å². The lowest BCUT2D eigenvalue weighted by atomic mass is 10.1. The number of nitrogens with one attached hydrogen (secondary N) is 1. The van der Waals surface area contributed by atoms with E-state index >= 15 is 0 Å². The van der Waals surface area contributed by atoms with Gasteiger partial charge < -0.3 is 14.8 Å². The van der Waals surface area contributed by atoms with Gasteiger partial charge in [0.1, 0.15) is 6.54 Å². The Labute approximate surface area is 183 Å². The number of hydrogen-bond donors (Lipinski definition) is 1. The fraction of sp³-hybridized carbons (Fsp3) is 0.364. The number of carbonyl (C=O) groups excluding carboxylic acids is 2. The summed E-state index contributed by atoms with van der Waals surface area (Å²) in [7, 11) is -3.74. The second kappa shape index (κ2) is 10.8. The molecule has 0 unspecified atom stereocenters. The number of benzene rings is 2. The summed E-state index contributed by atoms with van der Waals surface area (Å²) in [4.78, 5) is 24.1. The maximum Gasteiger partial charge on any atom is 0.241 e. The minimum absolute atomic E-state index is 0.191. The van der Waals surface area contributed by atoms with Crippen molar-refractivity contribution in [3.05, 3.63) is 53.6 Å². The number of nitrogens with zero attached hydrogens (tertiary/aromatic N) is 1. The minimum Gasteiger partial charge on any atom is -0.490 e. The van der Waals surface area contributed by atoms with E-state index in [0.29, 0.717) is 30.3 Å². The summed E-state index contributed by atoms with van der Waals surface area (Å²) in [6.07, 6.45) is 1.02. The van der Waals surface area contributed by atoms with Crippen molar-refractivity contribution in [2.75, 3.05) is 30.3 Å². The van der Waals surface area contributed by atoms with Gasteiger partial charge in [-0.05, 0) is 50.6 Å². The lowest BCUT2D eigenvalue weighted by molar-refractivity contribution is -0.119. The molecular weight excluding hydrogens is 420 g/mol. The van der Waals surface area contributed by atoms with E-state index in [-0.39, 0.29) is 18.0 Å². The number of sulfonamides is 1. The van der Waals surface area contributed by atoms with Gasteiger partial charge in [-0.25, -0.2) is 8.42 Å². The largest absolute Gasteiger partial charge is 0.490 e. The first-order valence-electron chi connectivity index (χ1n) is 9.89. The number of amides is 1. The molecule has 0 saturated heterocycles. The number of rotatable bonds is 11. The van der Waals surface area contributed by atoms with Gasteiger partial charge in [0.05, 0.1) is 25.2 Å². The zero-order chi connectivity index (χ0) is 23.0. The van der Waals surface area contributed by atoms with E-state index in [4.69, 9.17) is 9.47 Å². The number of ketones is 1. The SMILES string of the molecule is CCOc1ccc(CNC(=O)CN(c2cccc(C(C)=O)c2)S(C)(=O)=O)cc1OCC. The monoisotopic (exact) mass is 448 g/mol. The molecule has 0 bridgehead atoms. The molecule has 8 nitrogen and oxygen atoms in total. The lowest BCUT2D eigenvalue weighted by Crippen LogP contribution is -2.40. The van der Waals surface area contributed by atoms with Gasteiger partial charge in [0.25, 0.3) is 0 Å². The Balaban J connectivity index is 2.13. The summed E-state index contributed by atoms with van der Waals surface area (Å²) in [5.41, 5.74) is 1.40. The van der Waals surface area contributed by atoms with Crippen molar-refractivity contribution in [1.82, 2.24) is 5.32 Å².